The first kappa shape index (κ1) is 33.9. The number of carbonyl (C=O) groups excluding carboxylic acids is 4. The van der Waals surface area contributed by atoms with E-state index in [-0.39, 0.29) is 30.7 Å². The number of rotatable bonds is 12. The molecule has 0 bridgehead atoms. The second-order valence-electron chi connectivity index (χ2n) is 13.4. The van der Waals surface area contributed by atoms with Crippen LogP contribution >= 0.6 is 0 Å². The zero-order valence-electron chi connectivity index (χ0n) is 27.4. The maximum Gasteiger partial charge on any atom is 0.329 e. The third kappa shape index (κ3) is 7.60. The van der Waals surface area contributed by atoms with Gasteiger partial charge < -0.3 is 35.4 Å². The summed E-state index contributed by atoms with van der Waals surface area (Å²) in [7, 11) is 1.56. The maximum absolute atomic E-state index is 14.3. The number of hydrogen-bond donors (Lipinski definition) is 4. The zero-order valence-corrected chi connectivity index (χ0v) is 27.4. The van der Waals surface area contributed by atoms with Gasteiger partial charge in [0.15, 0.2) is 0 Å². The minimum absolute atomic E-state index is 0.0294. The number of benzene rings is 1. The van der Waals surface area contributed by atoms with Crippen molar-refractivity contribution in [1.29, 1.82) is 0 Å². The molecule has 47 heavy (non-hydrogen) atoms. The fourth-order valence-corrected chi connectivity index (χ4v) is 6.74. The minimum Gasteiger partial charge on any atom is -0.497 e. The van der Waals surface area contributed by atoms with Crippen LogP contribution in [-0.2, 0) is 24.0 Å². The van der Waals surface area contributed by atoms with Crippen LogP contribution in [0.4, 0.5) is 0 Å². The Kier molecular flexibility index (Phi) is 10.2. The Labute approximate surface area is 274 Å². The molecular weight excluding hydrogens is 606 g/mol. The Morgan fingerprint density at radius 2 is 1.77 bits per heavy atom. The molecule has 13 nitrogen and oxygen atoms in total. The number of amides is 4. The minimum atomic E-state index is -1.35. The highest BCUT2D eigenvalue weighted by atomic mass is 16.5. The smallest absolute Gasteiger partial charge is 0.329 e. The van der Waals surface area contributed by atoms with E-state index in [1.54, 1.807) is 51.4 Å². The van der Waals surface area contributed by atoms with Gasteiger partial charge in [0.2, 0.25) is 23.6 Å². The van der Waals surface area contributed by atoms with Crippen LogP contribution in [0, 0.1) is 11.8 Å². The SMILES string of the molecule is COc1ccc2nccc(OC3CC(C(=O)NC4(C(=O)O)CC4)N(C(=O)[C@@H](NC(=O)[C@@H](NC(C)=O)C4CCCCC4)C(C)C)C3)c2c1. The lowest BCUT2D eigenvalue weighted by Gasteiger charge is -2.34. The van der Waals surface area contributed by atoms with Gasteiger partial charge in [-0.25, -0.2) is 4.79 Å². The van der Waals surface area contributed by atoms with Gasteiger partial charge >= 0.3 is 5.97 Å². The Balaban J connectivity index is 1.40. The number of pyridine rings is 1. The first-order chi connectivity index (χ1) is 22.4. The van der Waals surface area contributed by atoms with Gasteiger partial charge in [-0.05, 0) is 61.8 Å². The Bertz CT molecular complexity index is 1520. The van der Waals surface area contributed by atoms with E-state index in [0.717, 1.165) is 32.1 Å². The second-order valence-corrected chi connectivity index (χ2v) is 13.4. The normalized spacial score (nSPS) is 21.9. The van der Waals surface area contributed by atoms with Gasteiger partial charge in [0.1, 0.15) is 41.3 Å². The number of carboxylic acids is 1. The molecule has 4 N–H and O–H groups in total. The third-order valence-electron chi connectivity index (χ3n) is 9.57. The molecule has 1 aliphatic heterocycles. The number of hydrogen-bond acceptors (Lipinski definition) is 8. The van der Waals surface area contributed by atoms with Crippen molar-refractivity contribution in [1.82, 2.24) is 25.8 Å². The summed E-state index contributed by atoms with van der Waals surface area (Å²) >= 11 is 0. The van der Waals surface area contributed by atoms with Crippen molar-refractivity contribution in [3.05, 3.63) is 30.5 Å². The maximum atomic E-state index is 14.3. The van der Waals surface area contributed by atoms with Gasteiger partial charge in [0.05, 0.1) is 19.2 Å². The van der Waals surface area contributed by atoms with Crippen LogP contribution in [0.25, 0.3) is 10.9 Å². The number of nitrogens with zero attached hydrogens (tertiary/aromatic N) is 2. The predicted octanol–water partition coefficient (Wildman–Crippen LogP) is 2.55. The standard InChI is InChI=1S/C34H45N5O8/c1-19(2)28(37-31(42)29(36-20(3)40)21-8-6-5-7-9-21)32(43)39-18-23(17-26(39)30(41)38-34(13-14-34)33(44)45)47-27-12-15-35-25-11-10-22(46-4)16-24(25)27/h10-12,15-16,19,21,23,26,28-29H,5-9,13-14,17-18H2,1-4H3,(H,36,40)(H,37,42)(H,38,41)(H,44,45)/t23?,26?,28-,29-/m0/s1. The number of nitrogens with one attached hydrogen (secondary N) is 3. The molecule has 0 spiro atoms. The van der Waals surface area contributed by atoms with Crippen LogP contribution < -0.4 is 25.4 Å². The van der Waals surface area contributed by atoms with Crippen molar-refractivity contribution >= 4 is 40.5 Å². The van der Waals surface area contributed by atoms with Crippen molar-refractivity contribution in [3.8, 4) is 11.5 Å². The molecule has 13 heteroatoms. The van der Waals surface area contributed by atoms with Crippen LogP contribution in [0.2, 0.25) is 0 Å². The third-order valence-corrected chi connectivity index (χ3v) is 9.57. The van der Waals surface area contributed by atoms with Gasteiger partial charge in [-0.2, -0.15) is 0 Å². The number of aromatic nitrogens is 1. The molecule has 5 rings (SSSR count). The molecular formula is C34H45N5O8. The van der Waals surface area contributed by atoms with Gasteiger partial charge in [-0.15, -0.1) is 0 Å². The number of carbonyl (C=O) groups is 5. The summed E-state index contributed by atoms with van der Waals surface area (Å²) in [6.07, 6.45) is 6.30. The number of carboxylic acid groups (broad SMARTS) is 1. The van der Waals surface area contributed by atoms with Gasteiger partial charge in [-0.3, -0.25) is 24.2 Å². The first-order valence-corrected chi connectivity index (χ1v) is 16.4. The van der Waals surface area contributed by atoms with Gasteiger partial charge in [0.25, 0.3) is 0 Å². The lowest BCUT2D eigenvalue weighted by Crippen LogP contribution is -2.60. The predicted molar refractivity (Wildman–Crippen MR) is 172 cm³/mol. The van der Waals surface area contributed by atoms with Crippen molar-refractivity contribution in [3.63, 3.8) is 0 Å². The highest BCUT2D eigenvalue weighted by Crippen LogP contribution is 2.37. The number of fused-ring (bicyclic) bond motifs is 1. The molecule has 2 heterocycles. The average Bonchev–Trinajstić information content (AvgIpc) is 3.72. The fourth-order valence-electron chi connectivity index (χ4n) is 6.74. The highest BCUT2D eigenvalue weighted by Gasteiger charge is 2.54. The summed E-state index contributed by atoms with van der Waals surface area (Å²) in [5.41, 5.74) is -0.672. The molecule has 4 amide bonds. The monoisotopic (exact) mass is 651 g/mol. The molecule has 3 fully saturated rings. The van der Waals surface area contributed by atoms with Crippen LogP contribution in [0.15, 0.2) is 30.5 Å². The lowest BCUT2D eigenvalue weighted by molar-refractivity contribution is -0.146. The lowest BCUT2D eigenvalue weighted by atomic mass is 9.83. The Morgan fingerprint density at radius 3 is 2.38 bits per heavy atom. The summed E-state index contributed by atoms with van der Waals surface area (Å²) in [6, 6.07) is 4.28. The number of methoxy groups -OCH3 is 1. The van der Waals surface area contributed by atoms with Crippen LogP contribution in [0.1, 0.15) is 72.1 Å². The molecule has 1 aromatic heterocycles. The summed E-state index contributed by atoms with van der Waals surface area (Å²) in [6.45, 7) is 5.00. The number of likely N-dealkylation sites (tertiary alicyclic amines) is 1. The topological polar surface area (TPSA) is 176 Å². The van der Waals surface area contributed by atoms with E-state index in [4.69, 9.17) is 9.47 Å². The van der Waals surface area contributed by atoms with Crippen LogP contribution in [0.5, 0.6) is 11.5 Å². The second kappa shape index (κ2) is 14.1. The number of ether oxygens (including phenoxy) is 2. The number of aliphatic carboxylic acids is 1. The van der Waals surface area contributed by atoms with Crippen molar-refractivity contribution in [2.24, 2.45) is 11.8 Å². The van der Waals surface area contributed by atoms with E-state index in [1.807, 2.05) is 0 Å². The van der Waals surface area contributed by atoms with E-state index < -0.39 is 53.5 Å². The largest absolute Gasteiger partial charge is 0.497 e. The fraction of sp³-hybridized carbons (Fsp3) is 0.588. The molecule has 2 saturated carbocycles. The Hall–Kier alpha value is -4.42. The van der Waals surface area contributed by atoms with E-state index in [9.17, 15) is 29.1 Å². The quantitative estimate of drug-likeness (QED) is 0.269. The van der Waals surface area contributed by atoms with Crippen LogP contribution in [-0.4, -0.2) is 88.0 Å². The molecule has 2 aromatic rings. The van der Waals surface area contributed by atoms with E-state index in [0.29, 0.717) is 35.2 Å². The van der Waals surface area contributed by atoms with Crippen molar-refractivity contribution < 1.29 is 38.6 Å². The van der Waals surface area contributed by atoms with Crippen LogP contribution in [0.3, 0.4) is 0 Å². The molecule has 254 valence electrons. The molecule has 1 aromatic carbocycles. The van der Waals surface area contributed by atoms with E-state index in [2.05, 4.69) is 20.9 Å². The molecule has 4 atom stereocenters. The van der Waals surface area contributed by atoms with Crippen molar-refractivity contribution in [2.75, 3.05) is 13.7 Å². The molecule has 2 unspecified atom stereocenters. The zero-order chi connectivity index (χ0) is 33.9. The summed E-state index contributed by atoms with van der Waals surface area (Å²) < 4.78 is 11.8. The Morgan fingerprint density at radius 1 is 1.04 bits per heavy atom. The first-order valence-electron chi connectivity index (χ1n) is 16.4. The van der Waals surface area contributed by atoms with E-state index >= 15 is 0 Å². The molecule has 2 aliphatic carbocycles. The summed E-state index contributed by atoms with van der Waals surface area (Å²) in [4.78, 5) is 71.5. The average molecular weight is 652 g/mol. The highest BCUT2D eigenvalue weighted by molar-refractivity contribution is 5.97. The van der Waals surface area contributed by atoms with Crippen molar-refractivity contribution in [2.45, 2.75) is 102 Å². The summed E-state index contributed by atoms with van der Waals surface area (Å²) in [5, 5.41) is 18.8. The summed E-state index contributed by atoms with van der Waals surface area (Å²) in [5.74, 6) is -2.24. The van der Waals surface area contributed by atoms with Gasteiger partial charge in [-0.1, -0.05) is 33.1 Å². The molecule has 1 saturated heterocycles. The van der Waals surface area contributed by atoms with Gasteiger partial charge in [0, 0.05) is 24.9 Å². The molecule has 3 aliphatic rings. The molecule has 0 radical (unpaired) electrons. The van der Waals surface area contributed by atoms with E-state index in [1.165, 1.54) is 11.8 Å².